The lowest BCUT2D eigenvalue weighted by molar-refractivity contribution is 0.340. The molecule has 2 rings (SSSR count). The second kappa shape index (κ2) is 6.83. The summed E-state index contributed by atoms with van der Waals surface area (Å²) in [5, 5.41) is 0. The number of alkyl halides is 1. The molecule has 0 aliphatic carbocycles. The van der Waals surface area contributed by atoms with Gasteiger partial charge < -0.3 is 4.74 Å². The van der Waals surface area contributed by atoms with Crippen molar-refractivity contribution in [3.8, 4) is 5.75 Å². The van der Waals surface area contributed by atoms with Crippen molar-refractivity contribution < 1.29 is 17.9 Å². The lowest BCUT2D eigenvalue weighted by Crippen LogP contribution is -2.02. The Balaban J connectivity index is 2.40. The summed E-state index contributed by atoms with van der Waals surface area (Å²) in [6.45, 7) is 2.40. The van der Waals surface area contributed by atoms with E-state index in [9.17, 15) is 13.2 Å². The lowest BCUT2D eigenvalue weighted by Gasteiger charge is -2.15. The minimum atomic E-state index is -1.47. The lowest BCUT2D eigenvalue weighted by atomic mass is 10.0. The Bertz CT molecular complexity index is 662. The summed E-state index contributed by atoms with van der Waals surface area (Å²) >= 11 is 6.69. The van der Waals surface area contributed by atoms with Crippen molar-refractivity contribution in [2.45, 2.75) is 11.8 Å². The van der Waals surface area contributed by atoms with Gasteiger partial charge in [-0.1, -0.05) is 44.0 Å². The minimum Gasteiger partial charge on any atom is -0.494 e. The predicted molar refractivity (Wildman–Crippen MR) is 82.4 cm³/mol. The van der Waals surface area contributed by atoms with E-state index in [0.717, 1.165) is 6.07 Å². The summed E-state index contributed by atoms with van der Waals surface area (Å²) in [5.74, 6) is -3.21. The molecule has 2 aromatic carbocycles. The molecule has 0 saturated carbocycles. The first-order valence-corrected chi connectivity index (χ1v) is 7.86. The molecule has 0 amide bonds. The molecule has 0 saturated heterocycles. The SMILES string of the molecule is CCOc1ccc(C(Br)c2ccc(F)c(F)c2F)c(Br)c1. The molecule has 21 heavy (non-hydrogen) atoms. The summed E-state index contributed by atoms with van der Waals surface area (Å²) in [6, 6.07) is 7.33. The topological polar surface area (TPSA) is 9.23 Å². The van der Waals surface area contributed by atoms with E-state index in [1.165, 1.54) is 6.07 Å². The van der Waals surface area contributed by atoms with Gasteiger partial charge in [-0.05, 0) is 30.7 Å². The molecule has 0 spiro atoms. The molecule has 0 aliphatic heterocycles. The number of rotatable bonds is 4. The largest absolute Gasteiger partial charge is 0.494 e. The summed E-state index contributed by atoms with van der Waals surface area (Å²) in [6.07, 6.45) is 0. The third-order valence-electron chi connectivity index (χ3n) is 2.89. The highest BCUT2D eigenvalue weighted by Gasteiger charge is 2.22. The third kappa shape index (κ3) is 3.43. The van der Waals surface area contributed by atoms with Gasteiger partial charge in [-0.15, -0.1) is 0 Å². The average Bonchev–Trinajstić information content (AvgIpc) is 2.45. The van der Waals surface area contributed by atoms with Crippen LogP contribution in [0.25, 0.3) is 0 Å². The molecule has 0 aliphatic rings. The van der Waals surface area contributed by atoms with Crippen LogP contribution in [0.3, 0.4) is 0 Å². The van der Waals surface area contributed by atoms with Gasteiger partial charge in [-0.25, -0.2) is 13.2 Å². The van der Waals surface area contributed by atoms with Gasteiger partial charge >= 0.3 is 0 Å². The van der Waals surface area contributed by atoms with Crippen molar-refractivity contribution in [3.05, 3.63) is 63.4 Å². The second-order valence-corrected chi connectivity index (χ2v) is 6.01. The van der Waals surface area contributed by atoms with E-state index in [2.05, 4.69) is 31.9 Å². The maximum absolute atomic E-state index is 13.8. The van der Waals surface area contributed by atoms with Gasteiger partial charge in [0, 0.05) is 10.0 Å². The summed E-state index contributed by atoms with van der Waals surface area (Å²) in [4.78, 5) is -0.613. The van der Waals surface area contributed by atoms with Crippen molar-refractivity contribution >= 4 is 31.9 Å². The zero-order valence-electron chi connectivity index (χ0n) is 11.0. The molecular weight excluding hydrogens is 413 g/mol. The fourth-order valence-corrected chi connectivity index (χ4v) is 3.52. The van der Waals surface area contributed by atoms with Crippen LogP contribution in [-0.2, 0) is 0 Å². The Morgan fingerprint density at radius 1 is 1.05 bits per heavy atom. The molecule has 0 bridgehead atoms. The van der Waals surface area contributed by atoms with Gasteiger partial charge in [0.2, 0.25) is 0 Å². The van der Waals surface area contributed by atoms with Crippen LogP contribution in [0.15, 0.2) is 34.8 Å². The third-order valence-corrected chi connectivity index (χ3v) is 4.57. The van der Waals surface area contributed by atoms with Crippen LogP contribution in [0.4, 0.5) is 13.2 Å². The van der Waals surface area contributed by atoms with Crippen LogP contribution in [-0.4, -0.2) is 6.61 Å². The molecule has 0 heterocycles. The summed E-state index contributed by atoms with van der Waals surface area (Å²) in [7, 11) is 0. The van der Waals surface area contributed by atoms with E-state index in [1.54, 1.807) is 18.2 Å². The van der Waals surface area contributed by atoms with Crippen LogP contribution in [0, 0.1) is 17.5 Å². The molecule has 0 N–H and O–H groups in total. The highest BCUT2D eigenvalue weighted by molar-refractivity contribution is 9.11. The van der Waals surface area contributed by atoms with E-state index >= 15 is 0 Å². The van der Waals surface area contributed by atoms with Crippen molar-refractivity contribution in [1.29, 1.82) is 0 Å². The smallest absolute Gasteiger partial charge is 0.194 e. The van der Waals surface area contributed by atoms with Crippen LogP contribution in [0.2, 0.25) is 0 Å². The number of benzene rings is 2. The molecule has 1 atom stereocenters. The van der Waals surface area contributed by atoms with Gasteiger partial charge in [0.25, 0.3) is 0 Å². The first-order valence-electron chi connectivity index (χ1n) is 6.15. The van der Waals surface area contributed by atoms with E-state index in [4.69, 9.17) is 4.74 Å². The molecule has 1 unspecified atom stereocenters. The standard InChI is InChI=1S/C15H11Br2F3O/c1-2-21-8-3-4-9(11(16)7-8)13(17)10-5-6-12(18)15(20)14(10)19/h3-7,13H,2H2,1H3. The first-order chi connectivity index (χ1) is 9.95. The van der Waals surface area contributed by atoms with Crippen molar-refractivity contribution in [2.75, 3.05) is 6.61 Å². The zero-order valence-corrected chi connectivity index (χ0v) is 14.1. The second-order valence-electron chi connectivity index (χ2n) is 4.24. The number of halogens is 5. The predicted octanol–water partition coefficient (Wildman–Crippen LogP) is 5.75. The fraction of sp³-hybridized carbons (Fsp3) is 0.200. The molecular formula is C15H11Br2F3O. The maximum Gasteiger partial charge on any atom is 0.194 e. The summed E-state index contributed by atoms with van der Waals surface area (Å²) < 4.78 is 46.2. The first kappa shape index (κ1) is 16.4. The van der Waals surface area contributed by atoms with Crippen LogP contribution in [0.1, 0.15) is 22.9 Å². The van der Waals surface area contributed by atoms with Crippen LogP contribution >= 0.6 is 31.9 Å². The number of hydrogen-bond acceptors (Lipinski definition) is 1. The van der Waals surface area contributed by atoms with E-state index in [0.29, 0.717) is 22.4 Å². The quantitative estimate of drug-likeness (QED) is 0.449. The van der Waals surface area contributed by atoms with Crippen molar-refractivity contribution in [2.24, 2.45) is 0 Å². The van der Waals surface area contributed by atoms with Gasteiger partial charge in [-0.3, -0.25) is 0 Å². The Morgan fingerprint density at radius 2 is 1.71 bits per heavy atom. The van der Waals surface area contributed by atoms with Crippen molar-refractivity contribution in [3.63, 3.8) is 0 Å². The number of hydrogen-bond donors (Lipinski definition) is 0. The Morgan fingerprint density at radius 3 is 2.33 bits per heavy atom. The van der Waals surface area contributed by atoms with Gasteiger partial charge in [0.05, 0.1) is 11.4 Å². The minimum absolute atomic E-state index is 0.0266. The highest BCUT2D eigenvalue weighted by atomic mass is 79.9. The Kier molecular flexibility index (Phi) is 5.32. The molecule has 0 fully saturated rings. The maximum atomic E-state index is 13.8. The highest BCUT2D eigenvalue weighted by Crippen LogP contribution is 2.38. The molecule has 2 aromatic rings. The monoisotopic (exact) mass is 422 g/mol. The average molecular weight is 424 g/mol. The Hall–Kier alpha value is -1.01. The van der Waals surface area contributed by atoms with Crippen molar-refractivity contribution in [1.82, 2.24) is 0 Å². The normalized spacial score (nSPS) is 12.3. The zero-order chi connectivity index (χ0) is 15.6. The summed E-state index contributed by atoms with van der Waals surface area (Å²) in [5.41, 5.74) is 0.710. The van der Waals surface area contributed by atoms with Crippen LogP contribution < -0.4 is 4.74 Å². The molecule has 6 heteroatoms. The van der Waals surface area contributed by atoms with E-state index in [1.807, 2.05) is 6.92 Å². The molecule has 0 aromatic heterocycles. The molecule has 0 radical (unpaired) electrons. The number of ether oxygens (including phenoxy) is 1. The molecule has 112 valence electrons. The Labute approximate surface area is 137 Å². The van der Waals surface area contributed by atoms with Gasteiger partial charge in [0.15, 0.2) is 17.5 Å². The van der Waals surface area contributed by atoms with E-state index in [-0.39, 0.29) is 5.56 Å². The van der Waals surface area contributed by atoms with E-state index < -0.39 is 22.3 Å². The molecule has 1 nitrogen and oxygen atoms in total. The van der Waals surface area contributed by atoms with Crippen LogP contribution in [0.5, 0.6) is 5.75 Å². The van der Waals surface area contributed by atoms with Gasteiger partial charge in [-0.2, -0.15) is 0 Å². The fourth-order valence-electron chi connectivity index (χ4n) is 1.87. The van der Waals surface area contributed by atoms with Gasteiger partial charge in [0.1, 0.15) is 5.75 Å².